The molecule has 0 aliphatic carbocycles. The van der Waals surface area contributed by atoms with Gasteiger partial charge < -0.3 is 14.9 Å². The van der Waals surface area contributed by atoms with Crippen LogP contribution in [0, 0.1) is 0 Å². The number of hydrogen-bond acceptors (Lipinski definition) is 5. The van der Waals surface area contributed by atoms with Crippen LogP contribution < -0.4 is 5.32 Å². The number of nitrogens with zero attached hydrogens (tertiary/aromatic N) is 2. The second-order valence-corrected chi connectivity index (χ2v) is 4.68. The van der Waals surface area contributed by atoms with Crippen molar-refractivity contribution in [2.24, 2.45) is 5.16 Å². The molecule has 1 amide bonds. The number of rotatable bonds is 4. The summed E-state index contributed by atoms with van der Waals surface area (Å²) < 4.78 is 5.17. The largest absolute Gasteiger partial charge is 0.467 e. The Morgan fingerprint density at radius 1 is 1.58 bits per heavy atom. The van der Waals surface area contributed by atoms with Crippen LogP contribution in [0.5, 0.6) is 0 Å². The zero-order valence-electron chi connectivity index (χ0n) is 11.0. The van der Waals surface area contributed by atoms with E-state index in [4.69, 9.17) is 9.62 Å². The van der Waals surface area contributed by atoms with Crippen molar-refractivity contribution in [3.8, 4) is 0 Å². The third-order valence-electron chi connectivity index (χ3n) is 3.46. The molecule has 0 saturated carbocycles. The Bertz CT molecular complexity index is 432. The molecule has 1 fully saturated rings. The highest BCUT2D eigenvalue weighted by molar-refractivity contribution is 5.85. The molecule has 1 atom stereocenters. The molecule has 19 heavy (non-hydrogen) atoms. The van der Waals surface area contributed by atoms with Crippen LogP contribution in [-0.4, -0.2) is 40.9 Å². The molecule has 1 aromatic rings. The fraction of sp³-hybridized carbons (Fsp3) is 0.538. The van der Waals surface area contributed by atoms with Gasteiger partial charge in [0.05, 0.1) is 24.6 Å². The Labute approximate surface area is 112 Å². The van der Waals surface area contributed by atoms with Gasteiger partial charge in [0.15, 0.2) is 0 Å². The number of carbonyl (C=O) groups excluding carboxylic acids is 1. The van der Waals surface area contributed by atoms with Gasteiger partial charge in [0.2, 0.25) is 5.91 Å². The van der Waals surface area contributed by atoms with E-state index in [2.05, 4.69) is 15.4 Å². The van der Waals surface area contributed by atoms with Crippen molar-refractivity contribution < 1.29 is 14.4 Å². The Hall–Kier alpha value is -1.82. The van der Waals surface area contributed by atoms with E-state index in [0.29, 0.717) is 19.4 Å². The van der Waals surface area contributed by atoms with Crippen LogP contribution in [0.1, 0.15) is 25.5 Å². The first-order valence-electron chi connectivity index (χ1n) is 6.44. The molecule has 1 saturated heterocycles. The van der Waals surface area contributed by atoms with Crippen LogP contribution in [0.4, 0.5) is 0 Å². The van der Waals surface area contributed by atoms with E-state index in [9.17, 15) is 4.79 Å². The van der Waals surface area contributed by atoms with E-state index in [-0.39, 0.29) is 11.9 Å². The van der Waals surface area contributed by atoms with E-state index in [1.165, 1.54) is 0 Å². The minimum absolute atomic E-state index is 0.0132. The zero-order valence-corrected chi connectivity index (χ0v) is 11.0. The summed E-state index contributed by atoms with van der Waals surface area (Å²) >= 11 is 0. The third kappa shape index (κ3) is 3.57. The number of carbonyl (C=O) groups is 1. The molecule has 1 aromatic heterocycles. The highest BCUT2D eigenvalue weighted by Crippen LogP contribution is 2.11. The van der Waals surface area contributed by atoms with Crippen molar-refractivity contribution in [2.45, 2.75) is 32.4 Å². The molecule has 6 heteroatoms. The molecule has 2 rings (SSSR count). The highest BCUT2D eigenvalue weighted by Gasteiger charge is 2.24. The molecular weight excluding hydrogens is 246 g/mol. The van der Waals surface area contributed by atoms with Crippen molar-refractivity contribution in [1.29, 1.82) is 0 Å². The topological polar surface area (TPSA) is 78.1 Å². The lowest BCUT2D eigenvalue weighted by Crippen LogP contribution is -2.48. The first-order chi connectivity index (χ1) is 9.20. The Kier molecular flexibility index (Phi) is 4.57. The van der Waals surface area contributed by atoms with Gasteiger partial charge in [0.1, 0.15) is 5.76 Å². The van der Waals surface area contributed by atoms with Crippen molar-refractivity contribution >= 4 is 11.6 Å². The van der Waals surface area contributed by atoms with E-state index < -0.39 is 0 Å². The molecule has 104 valence electrons. The summed E-state index contributed by atoms with van der Waals surface area (Å²) in [7, 11) is 0. The van der Waals surface area contributed by atoms with Gasteiger partial charge in [-0.05, 0) is 19.1 Å². The lowest BCUT2D eigenvalue weighted by Gasteiger charge is -2.31. The van der Waals surface area contributed by atoms with Crippen LogP contribution >= 0.6 is 0 Å². The van der Waals surface area contributed by atoms with E-state index >= 15 is 0 Å². The molecule has 0 spiro atoms. The molecule has 0 radical (unpaired) electrons. The minimum atomic E-state index is -0.185. The van der Waals surface area contributed by atoms with Gasteiger partial charge in [-0.1, -0.05) is 5.16 Å². The van der Waals surface area contributed by atoms with Crippen molar-refractivity contribution in [1.82, 2.24) is 10.2 Å². The molecule has 1 aliphatic heterocycles. The minimum Gasteiger partial charge on any atom is -0.467 e. The summed E-state index contributed by atoms with van der Waals surface area (Å²) in [5.41, 5.74) is 0.805. The van der Waals surface area contributed by atoms with Crippen LogP contribution in [0.2, 0.25) is 0 Å². The molecule has 2 N–H and O–H groups in total. The Morgan fingerprint density at radius 2 is 2.32 bits per heavy atom. The van der Waals surface area contributed by atoms with Gasteiger partial charge in [-0.15, -0.1) is 0 Å². The first kappa shape index (κ1) is 13.6. The number of piperidine rings is 1. The van der Waals surface area contributed by atoms with Crippen LogP contribution in [0.15, 0.2) is 28.0 Å². The van der Waals surface area contributed by atoms with Crippen molar-refractivity contribution in [3.63, 3.8) is 0 Å². The summed E-state index contributed by atoms with van der Waals surface area (Å²) in [6.45, 7) is 3.79. The monoisotopic (exact) mass is 265 g/mol. The molecular formula is C13H19N3O3. The summed E-state index contributed by atoms with van der Waals surface area (Å²) in [4.78, 5) is 14.1. The Morgan fingerprint density at radius 3 is 2.89 bits per heavy atom. The third-order valence-corrected chi connectivity index (χ3v) is 3.46. The summed E-state index contributed by atoms with van der Waals surface area (Å²) in [5.74, 6) is 0.731. The standard InChI is InChI=1S/C13H19N3O3/c1-10(16-6-4-11(15-18)5-7-16)13(17)14-9-12-3-2-8-19-12/h2-3,8,10,18H,4-7,9H2,1H3,(H,14,17). The van der Waals surface area contributed by atoms with E-state index in [1.807, 2.05) is 13.0 Å². The van der Waals surface area contributed by atoms with Crippen LogP contribution in [-0.2, 0) is 11.3 Å². The van der Waals surface area contributed by atoms with Crippen LogP contribution in [0.25, 0.3) is 0 Å². The Balaban J connectivity index is 1.79. The maximum atomic E-state index is 12.0. The fourth-order valence-electron chi connectivity index (χ4n) is 2.17. The number of nitrogens with one attached hydrogen (secondary N) is 1. The second kappa shape index (κ2) is 6.38. The lowest BCUT2D eigenvalue weighted by molar-refractivity contribution is -0.126. The maximum Gasteiger partial charge on any atom is 0.237 e. The summed E-state index contributed by atoms with van der Waals surface area (Å²) in [6, 6.07) is 3.44. The summed E-state index contributed by atoms with van der Waals surface area (Å²) in [5, 5.41) is 14.8. The van der Waals surface area contributed by atoms with E-state index in [1.54, 1.807) is 12.3 Å². The maximum absolute atomic E-state index is 12.0. The van der Waals surface area contributed by atoms with Crippen molar-refractivity contribution in [2.75, 3.05) is 13.1 Å². The lowest BCUT2D eigenvalue weighted by atomic mass is 10.1. The number of furan rings is 1. The van der Waals surface area contributed by atoms with Crippen LogP contribution in [0.3, 0.4) is 0 Å². The molecule has 2 heterocycles. The highest BCUT2D eigenvalue weighted by atomic mass is 16.4. The van der Waals surface area contributed by atoms with Gasteiger partial charge in [-0.2, -0.15) is 0 Å². The average Bonchev–Trinajstić information content (AvgIpc) is 2.97. The number of hydrogen-bond donors (Lipinski definition) is 2. The van der Waals surface area contributed by atoms with E-state index in [0.717, 1.165) is 24.6 Å². The van der Waals surface area contributed by atoms with Gasteiger partial charge >= 0.3 is 0 Å². The summed E-state index contributed by atoms with van der Waals surface area (Å²) in [6.07, 6.45) is 3.02. The smallest absolute Gasteiger partial charge is 0.237 e. The average molecular weight is 265 g/mol. The molecule has 6 nitrogen and oxygen atoms in total. The number of likely N-dealkylation sites (tertiary alicyclic amines) is 1. The number of oxime groups is 1. The molecule has 0 aromatic carbocycles. The zero-order chi connectivity index (χ0) is 13.7. The molecule has 0 bridgehead atoms. The van der Waals surface area contributed by atoms with Gasteiger partial charge in [0, 0.05) is 25.9 Å². The van der Waals surface area contributed by atoms with Gasteiger partial charge in [-0.3, -0.25) is 9.69 Å². The van der Waals surface area contributed by atoms with Crippen molar-refractivity contribution in [3.05, 3.63) is 24.2 Å². The first-order valence-corrected chi connectivity index (χ1v) is 6.44. The predicted molar refractivity (Wildman–Crippen MR) is 70.0 cm³/mol. The molecule has 1 aliphatic rings. The SMILES string of the molecule is CC(C(=O)NCc1ccco1)N1CCC(=NO)CC1. The normalized spacial score (nSPS) is 18.1. The quantitative estimate of drug-likeness (QED) is 0.633. The van der Waals surface area contributed by atoms with Gasteiger partial charge in [0.25, 0.3) is 0 Å². The molecule has 1 unspecified atom stereocenters. The van der Waals surface area contributed by atoms with Gasteiger partial charge in [-0.25, -0.2) is 0 Å². The number of amides is 1. The fourth-order valence-corrected chi connectivity index (χ4v) is 2.17. The predicted octanol–water partition coefficient (Wildman–Crippen LogP) is 1.21. The second-order valence-electron chi connectivity index (χ2n) is 4.68.